The molecule has 0 fully saturated rings. The Labute approximate surface area is 99.4 Å². The Balaban J connectivity index is 0. The minimum absolute atomic E-state index is 0. The number of hydrogen-bond acceptors (Lipinski definition) is 3. The van der Waals surface area contributed by atoms with Crippen LogP contribution in [0.2, 0.25) is 0 Å². The Bertz CT molecular complexity index is 466. The van der Waals surface area contributed by atoms with E-state index >= 15 is 0 Å². The van der Waals surface area contributed by atoms with E-state index in [1.54, 1.807) is 0 Å². The van der Waals surface area contributed by atoms with E-state index in [0.29, 0.717) is 0 Å². The van der Waals surface area contributed by atoms with E-state index in [9.17, 15) is 21.4 Å². The van der Waals surface area contributed by atoms with Crippen molar-refractivity contribution in [3.8, 4) is 0 Å². The van der Waals surface area contributed by atoms with Crippen LogP contribution >= 0.6 is 7.91 Å². The summed E-state index contributed by atoms with van der Waals surface area (Å²) in [6.07, 6.45) is 0. The number of rotatable bonds is 3. The third kappa shape index (κ3) is 4.91. The molecule has 80 valence electrons. The minimum atomic E-state index is -5.79. The standard InChI is InChI=1S/C6H6F2NO3PS.Li.H/c7-13(8,10)9-14(11,12)6-4-2-1-3-5-6;;/h1-5H,(H,9,10);;/q;+1;-1. The molecule has 0 unspecified atom stereocenters. The molecule has 4 nitrogen and oxygen atoms in total. The Kier molecular flexibility index (Phi) is 5.17. The first-order chi connectivity index (χ1) is 6.31. The van der Waals surface area contributed by atoms with Crippen molar-refractivity contribution in [1.82, 2.24) is 4.49 Å². The minimum Gasteiger partial charge on any atom is -1.00 e. The molecule has 0 amide bonds. The fraction of sp³-hybridized carbons (Fsp3) is 0. The number of benzene rings is 1. The topological polar surface area (TPSA) is 63.2 Å². The fourth-order valence-corrected chi connectivity index (χ4v) is 2.85. The van der Waals surface area contributed by atoms with Crippen LogP contribution in [0.5, 0.6) is 0 Å². The smallest absolute Gasteiger partial charge is 1.00 e. The van der Waals surface area contributed by atoms with Gasteiger partial charge in [0, 0.05) is 0 Å². The van der Waals surface area contributed by atoms with Gasteiger partial charge in [-0.3, -0.25) is 0 Å². The van der Waals surface area contributed by atoms with Crippen LogP contribution in [0.25, 0.3) is 0 Å². The van der Waals surface area contributed by atoms with Crippen LogP contribution in [0, 0.1) is 0 Å². The monoisotopic (exact) mass is 249 g/mol. The molecule has 15 heavy (non-hydrogen) atoms. The van der Waals surface area contributed by atoms with Gasteiger partial charge in [0.05, 0.1) is 4.90 Å². The molecular weight excluding hydrogens is 242 g/mol. The van der Waals surface area contributed by atoms with Gasteiger partial charge in [-0.05, 0) is 12.1 Å². The summed E-state index contributed by atoms with van der Waals surface area (Å²) in [5.74, 6) is 0. The van der Waals surface area contributed by atoms with E-state index in [1.165, 1.54) is 18.2 Å². The number of hydrogen-bond donors (Lipinski definition) is 1. The molecule has 0 aliphatic heterocycles. The van der Waals surface area contributed by atoms with Crippen molar-refractivity contribution >= 4 is 17.9 Å². The molecule has 0 spiro atoms. The summed E-state index contributed by atoms with van der Waals surface area (Å²) in [6, 6.07) is 6.52. The predicted octanol–water partition coefficient (Wildman–Crippen LogP) is -0.872. The predicted molar refractivity (Wildman–Crippen MR) is 47.7 cm³/mol. The second kappa shape index (κ2) is 5.24. The second-order valence-corrected chi connectivity index (χ2v) is 5.50. The first kappa shape index (κ1) is 14.8. The molecule has 0 saturated heterocycles. The van der Waals surface area contributed by atoms with Gasteiger partial charge in [0.15, 0.2) is 0 Å². The fourth-order valence-electron chi connectivity index (χ4n) is 0.792. The molecule has 0 aromatic heterocycles. The molecule has 0 bridgehead atoms. The molecule has 0 aliphatic rings. The molecule has 9 heteroatoms. The normalized spacial score (nSPS) is 11.9. The van der Waals surface area contributed by atoms with Crippen molar-refractivity contribution in [2.24, 2.45) is 0 Å². The first-order valence-electron chi connectivity index (χ1n) is 3.40. The van der Waals surface area contributed by atoms with E-state index in [1.807, 2.05) is 0 Å². The molecule has 1 rings (SSSR count). The van der Waals surface area contributed by atoms with Crippen LogP contribution in [-0.4, -0.2) is 8.42 Å². The van der Waals surface area contributed by atoms with Crippen LogP contribution in [0.15, 0.2) is 35.2 Å². The van der Waals surface area contributed by atoms with Gasteiger partial charge in [-0.25, -0.2) is 13.0 Å². The summed E-state index contributed by atoms with van der Waals surface area (Å²) in [6.45, 7) is 0. The quantitative estimate of drug-likeness (QED) is 0.559. The van der Waals surface area contributed by atoms with Crippen molar-refractivity contribution < 1.29 is 41.7 Å². The Morgan fingerprint density at radius 1 is 1.20 bits per heavy atom. The zero-order valence-corrected chi connectivity index (χ0v) is 9.43. The van der Waals surface area contributed by atoms with Gasteiger partial charge in [0.2, 0.25) is 10.0 Å². The van der Waals surface area contributed by atoms with Crippen molar-refractivity contribution in [3.05, 3.63) is 30.3 Å². The van der Waals surface area contributed by atoms with Crippen LogP contribution in [0.3, 0.4) is 0 Å². The number of nitrogens with one attached hydrogen (secondary N) is 1. The van der Waals surface area contributed by atoms with E-state index in [4.69, 9.17) is 0 Å². The van der Waals surface area contributed by atoms with Gasteiger partial charge in [-0.2, -0.15) is 0 Å². The Morgan fingerprint density at radius 3 is 2.07 bits per heavy atom. The molecule has 0 radical (unpaired) electrons. The van der Waals surface area contributed by atoms with Crippen molar-refractivity contribution in [3.63, 3.8) is 0 Å². The zero-order chi connectivity index (χ0) is 10.8. The first-order valence-corrected chi connectivity index (χ1v) is 6.37. The van der Waals surface area contributed by atoms with Crippen molar-refractivity contribution in [2.75, 3.05) is 0 Å². The third-order valence-electron chi connectivity index (χ3n) is 1.28. The maximum absolute atomic E-state index is 12.0. The van der Waals surface area contributed by atoms with Crippen molar-refractivity contribution in [1.29, 1.82) is 0 Å². The van der Waals surface area contributed by atoms with Crippen LogP contribution in [0.1, 0.15) is 1.43 Å². The SMILES string of the molecule is O=P(F)(F)NS(=O)(=O)c1ccccc1.[H-].[Li+]. The van der Waals surface area contributed by atoms with E-state index in [-0.39, 0.29) is 25.2 Å². The molecule has 0 heterocycles. The largest absolute Gasteiger partial charge is 1.00 e. The maximum Gasteiger partial charge on any atom is 1.00 e. The molecule has 0 saturated carbocycles. The van der Waals surface area contributed by atoms with Gasteiger partial charge >= 0.3 is 26.8 Å². The van der Waals surface area contributed by atoms with Crippen molar-refractivity contribution in [2.45, 2.75) is 4.90 Å². The number of halogens is 2. The molecule has 0 atom stereocenters. The van der Waals surface area contributed by atoms with Gasteiger partial charge in [0.25, 0.3) is 0 Å². The summed E-state index contributed by atoms with van der Waals surface area (Å²) in [4.78, 5) is -0.351. The second-order valence-electron chi connectivity index (χ2n) is 2.37. The van der Waals surface area contributed by atoms with Gasteiger partial charge < -0.3 is 1.43 Å². The van der Waals surface area contributed by atoms with Crippen LogP contribution in [-0.2, 0) is 14.6 Å². The molecule has 1 aromatic rings. The summed E-state index contributed by atoms with van der Waals surface area (Å²) >= 11 is 0. The van der Waals surface area contributed by atoms with E-state index in [2.05, 4.69) is 0 Å². The summed E-state index contributed by atoms with van der Waals surface area (Å²) in [7, 11) is -10.2. The van der Waals surface area contributed by atoms with Gasteiger partial charge in [-0.1, -0.05) is 18.2 Å². The Morgan fingerprint density at radius 2 is 1.67 bits per heavy atom. The van der Waals surface area contributed by atoms with Gasteiger partial charge in [0.1, 0.15) is 0 Å². The average Bonchev–Trinajstić information content (AvgIpc) is 2.01. The van der Waals surface area contributed by atoms with Crippen LogP contribution in [0.4, 0.5) is 8.39 Å². The maximum atomic E-state index is 12.0. The number of sulfonamides is 1. The van der Waals surface area contributed by atoms with Crippen LogP contribution < -0.4 is 23.4 Å². The summed E-state index contributed by atoms with van der Waals surface area (Å²) < 4.78 is 56.9. The van der Waals surface area contributed by atoms with E-state index in [0.717, 1.165) is 16.6 Å². The molecule has 1 aromatic carbocycles. The third-order valence-corrected chi connectivity index (χ3v) is 3.98. The van der Waals surface area contributed by atoms with Gasteiger partial charge in [-0.15, -0.1) is 12.9 Å². The molecular formula is C6H7F2LiNO3PS. The Hall–Kier alpha value is -0.183. The summed E-state index contributed by atoms with van der Waals surface area (Å²) in [5.41, 5.74) is 0. The zero-order valence-electron chi connectivity index (χ0n) is 8.72. The average molecular weight is 249 g/mol. The van der Waals surface area contributed by atoms with E-state index < -0.39 is 17.9 Å². The summed E-state index contributed by atoms with van der Waals surface area (Å²) in [5, 5.41) is 0. The molecule has 0 aliphatic carbocycles. The molecule has 1 N–H and O–H groups in total.